The normalized spacial score (nSPS) is 13.2. The lowest BCUT2D eigenvalue weighted by molar-refractivity contribution is -0.147. The van der Waals surface area contributed by atoms with Crippen LogP contribution in [0.15, 0.2) is 29.6 Å². The minimum absolute atomic E-state index is 0.00329. The van der Waals surface area contributed by atoms with Gasteiger partial charge in [0.2, 0.25) is 0 Å². The third-order valence-corrected chi connectivity index (χ3v) is 6.60. The Kier molecular flexibility index (Phi) is 8.54. The summed E-state index contributed by atoms with van der Waals surface area (Å²) in [5.41, 5.74) is 1.36. The molecule has 2 aromatic rings. The van der Waals surface area contributed by atoms with Gasteiger partial charge in [0.25, 0.3) is 11.1 Å². The molecule has 1 aliphatic heterocycles. The van der Waals surface area contributed by atoms with E-state index in [4.69, 9.17) is 21.1 Å². The first-order valence-electron chi connectivity index (χ1n) is 9.81. The quantitative estimate of drug-likeness (QED) is 0.517. The van der Waals surface area contributed by atoms with E-state index in [2.05, 4.69) is 5.32 Å². The van der Waals surface area contributed by atoms with Crippen molar-refractivity contribution in [3.63, 3.8) is 0 Å². The molecule has 1 aromatic carbocycles. The molecule has 3 rings (SSSR count). The Balaban J connectivity index is 1.64. The average molecular weight is 497 g/mol. The molecule has 0 unspecified atom stereocenters. The largest absolute Gasteiger partial charge is 0.462 e. The number of anilines is 1. The van der Waals surface area contributed by atoms with Crippen LogP contribution in [-0.2, 0) is 19.1 Å². The van der Waals surface area contributed by atoms with Crippen LogP contribution in [0.2, 0.25) is 5.02 Å². The fraction of sp³-hybridized carbons (Fsp3) is 0.333. The number of carbonyl (C=O) groups excluding carboxylic acids is 4. The maximum absolute atomic E-state index is 12.6. The Hall–Kier alpha value is -2.56. The van der Waals surface area contributed by atoms with Crippen molar-refractivity contribution in [1.82, 2.24) is 4.90 Å². The summed E-state index contributed by atoms with van der Waals surface area (Å²) in [6, 6.07) is 7.04. The fourth-order valence-electron chi connectivity index (χ4n) is 2.97. The second-order valence-corrected chi connectivity index (χ2v) is 8.95. The first-order valence-corrected chi connectivity index (χ1v) is 12.1. The van der Waals surface area contributed by atoms with Crippen molar-refractivity contribution in [2.24, 2.45) is 0 Å². The van der Waals surface area contributed by atoms with E-state index in [9.17, 15) is 19.2 Å². The number of thiophene rings is 1. The van der Waals surface area contributed by atoms with E-state index in [1.807, 2.05) is 0 Å². The van der Waals surface area contributed by atoms with E-state index in [-0.39, 0.29) is 35.4 Å². The summed E-state index contributed by atoms with van der Waals surface area (Å²) >= 11 is 8.64. The predicted molar refractivity (Wildman–Crippen MR) is 124 cm³/mol. The number of halogens is 1. The zero-order valence-corrected chi connectivity index (χ0v) is 19.6. The van der Waals surface area contributed by atoms with Gasteiger partial charge in [-0.15, -0.1) is 11.3 Å². The number of benzene rings is 1. The van der Waals surface area contributed by atoms with Crippen LogP contribution in [0.4, 0.5) is 9.80 Å². The number of hydrogen-bond donors (Lipinski definition) is 1. The van der Waals surface area contributed by atoms with Gasteiger partial charge in [0.05, 0.1) is 13.0 Å². The summed E-state index contributed by atoms with van der Waals surface area (Å²) in [7, 11) is 0. The van der Waals surface area contributed by atoms with Gasteiger partial charge in [-0.2, -0.15) is 0 Å². The molecule has 32 heavy (non-hydrogen) atoms. The molecule has 0 bridgehead atoms. The molecule has 8 nitrogen and oxygen atoms in total. The molecule has 1 saturated heterocycles. The Morgan fingerprint density at radius 2 is 1.97 bits per heavy atom. The number of nitrogens with one attached hydrogen (secondary N) is 1. The van der Waals surface area contributed by atoms with Crippen molar-refractivity contribution in [3.05, 3.63) is 40.2 Å². The van der Waals surface area contributed by atoms with Crippen molar-refractivity contribution in [2.45, 2.75) is 13.3 Å². The predicted octanol–water partition coefficient (Wildman–Crippen LogP) is 4.29. The van der Waals surface area contributed by atoms with E-state index < -0.39 is 24.5 Å². The average Bonchev–Trinajstić information content (AvgIpc) is 3.37. The molecule has 0 aliphatic carbocycles. The van der Waals surface area contributed by atoms with Crippen molar-refractivity contribution < 1.29 is 28.7 Å². The molecule has 1 fully saturated rings. The molecule has 1 aliphatic rings. The van der Waals surface area contributed by atoms with Gasteiger partial charge in [-0.25, -0.2) is 4.79 Å². The highest BCUT2D eigenvalue weighted by molar-refractivity contribution is 8.13. The minimum atomic E-state index is -0.593. The first kappa shape index (κ1) is 24.1. The molecule has 0 saturated carbocycles. The molecule has 2 heterocycles. The van der Waals surface area contributed by atoms with Crippen molar-refractivity contribution in [3.8, 4) is 11.1 Å². The molecule has 170 valence electrons. The second-order valence-electron chi connectivity index (χ2n) is 6.61. The Bertz CT molecular complexity index is 1030. The molecule has 1 N–H and O–H groups in total. The minimum Gasteiger partial charge on any atom is -0.462 e. The number of thioether (sulfide) groups is 1. The second kappa shape index (κ2) is 11.3. The number of esters is 2. The van der Waals surface area contributed by atoms with E-state index in [1.165, 1.54) is 11.8 Å². The molecular formula is C21H21ClN2O6S2. The van der Waals surface area contributed by atoms with Crippen LogP contribution < -0.4 is 5.32 Å². The Morgan fingerprint density at radius 1 is 1.19 bits per heavy atom. The molecule has 2 amide bonds. The smallest absolute Gasteiger partial charge is 0.341 e. The first-order chi connectivity index (χ1) is 15.4. The lowest BCUT2D eigenvalue weighted by Crippen LogP contribution is -2.28. The SMILES string of the molecule is CCOC(=O)c1c(-c2ccccc2Cl)csc1NC(=O)COC(=O)CCN1CCSC1=O. The van der Waals surface area contributed by atoms with Crippen LogP contribution in [0, 0.1) is 0 Å². The number of ether oxygens (including phenoxy) is 2. The number of rotatable bonds is 9. The summed E-state index contributed by atoms with van der Waals surface area (Å²) in [5.74, 6) is -1.07. The molecule has 0 radical (unpaired) electrons. The number of carbonyl (C=O) groups is 4. The van der Waals surface area contributed by atoms with Crippen molar-refractivity contribution in [2.75, 3.05) is 37.4 Å². The third-order valence-electron chi connectivity index (χ3n) is 4.48. The molecule has 0 atom stereocenters. The summed E-state index contributed by atoms with van der Waals surface area (Å²) in [5, 5.41) is 4.99. The van der Waals surface area contributed by atoms with Crippen LogP contribution in [0.1, 0.15) is 23.7 Å². The van der Waals surface area contributed by atoms with E-state index in [0.29, 0.717) is 28.4 Å². The highest BCUT2D eigenvalue weighted by Gasteiger charge is 2.25. The number of nitrogens with zero attached hydrogens (tertiary/aromatic N) is 1. The maximum atomic E-state index is 12.6. The standard InChI is InChI=1S/C21H21ClN2O6S2/c1-2-29-20(27)18-14(13-5-3-4-6-15(13)22)12-32-19(18)23-16(25)11-30-17(26)7-8-24-9-10-31-21(24)28/h3-6,12H,2,7-11H2,1H3,(H,23,25). The number of hydrogen-bond acceptors (Lipinski definition) is 8. The van der Waals surface area contributed by atoms with Crippen molar-refractivity contribution in [1.29, 1.82) is 0 Å². The van der Waals surface area contributed by atoms with Crippen LogP contribution in [0.5, 0.6) is 0 Å². The highest BCUT2D eigenvalue weighted by atomic mass is 35.5. The zero-order valence-electron chi connectivity index (χ0n) is 17.2. The summed E-state index contributed by atoms with van der Waals surface area (Å²) < 4.78 is 10.2. The van der Waals surface area contributed by atoms with Crippen molar-refractivity contribution >= 4 is 62.8 Å². The van der Waals surface area contributed by atoms with Crippen LogP contribution in [0.25, 0.3) is 11.1 Å². The van der Waals surface area contributed by atoms with Gasteiger partial charge in [-0.05, 0) is 13.0 Å². The van der Waals surface area contributed by atoms with E-state index in [1.54, 1.807) is 41.5 Å². The summed E-state index contributed by atoms with van der Waals surface area (Å²) in [6.07, 6.45) is 0.00329. The van der Waals surface area contributed by atoms with Gasteiger partial charge in [0.1, 0.15) is 10.6 Å². The molecule has 0 spiro atoms. The Morgan fingerprint density at radius 3 is 2.66 bits per heavy atom. The van der Waals surface area contributed by atoms with Gasteiger partial charge in [-0.3, -0.25) is 14.4 Å². The van der Waals surface area contributed by atoms with Crippen LogP contribution >= 0.6 is 34.7 Å². The molecule has 11 heteroatoms. The molecular weight excluding hydrogens is 476 g/mol. The lowest BCUT2D eigenvalue weighted by Gasteiger charge is -2.13. The Labute approximate surface area is 198 Å². The highest BCUT2D eigenvalue weighted by Crippen LogP contribution is 2.39. The van der Waals surface area contributed by atoms with Gasteiger partial charge < -0.3 is 19.7 Å². The molecule has 1 aromatic heterocycles. The zero-order chi connectivity index (χ0) is 23.1. The topological polar surface area (TPSA) is 102 Å². The fourth-order valence-corrected chi connectivity index (χ4v) is 5.02. The van der Waals surface area contributed by atoms with Gasteiger partial charge in [0.15, 0.2) is 6.61 Å². The third kappa shape index (κ3) is 6.02. The van der Waals surface area contributed by atoms with Crippen LogP contribution in [0.3, 0.4) is 0 Å². The van der Waals surface area contributed by atoms with E-state index in [0.717, 1.165) is 11.3 Å². The number of amides is 2. The monoisotopic (exact) mass is 496 g/mol. The summed E-state index contributed by atoms with van der Waals surface area (Å²) in [4.78, 5) is 50.0. The maximum Gasteiger partial charge on any atom is 0.341 e. The van der Waals surface area contributed by atoms with Gasteiger partial charge in [-0.1, -0.05) is 41.6 Å². The van der Waals surface area contributed by atoms with Crippen LogP contribution in [-0.4, -0.2) is 60.0 Å². The van der Waals surface area contributed by atoms with Gasteiger partial charge in [0, 0.05) is 40.4 Å². The summed E-state index contributed by atoms with van der Waals surface area (Å²) in [6.45, 7) is 2.19. The van der Waals surface area contributed by atoms with E-state index >= 15 is 0 Å². The van der Waals surface area contributed by atoms with Gasteiger partial charge >= 0.3 is 11.9 Å². The lowest BCUT2D eigenvalue weighted by atomic mass is 10.0.